The van der Waals surface area contributed by atoms with E-state index in [1.165, 1.54) is 82.1 Å². The Kier molecular flexibility index (Phi) is 6.78. The molecule has 0 saturated heterocycles. The van der Waals surface area contributed by atoms with Gasteiger partial charge in [-0.3, -0.25) is 0 Å². The molecular formula is C50H37NO. The molecule has 0 radical (unpaired) electrons. The van der Waals surface area contributed by atoms with Gasteiger partial charge in [0.25, 0.3) is 0 Å². The predicted molar refractivity (Wildman–Crippen MR) is 225 cm³/mol. The number of allylic oxidation sites excluding steroid dienone is 3. The molecule has 0 unspecified atom stereocenters. The van der Waals surface area contributed by atoms with E-state index in [9.17, 15) is 0 Å². The molecule has 8 aromatic carbocycles. The van der Waals surface area contributed by atoms with Crippen molar-refractivity contribution >= 4 is 87.2 Å². The van der Waals surface area contributed by atoms with Crippen LogP contribution >= 0.6 is 0 Å². The lowest BCUT2D eigenvalue weighted by molar-refractivity contribution is 0.673. The number of fused-ring (bicyclic) bond motifs is 11. The minimum Gasteiger partial charge on any atom is -0.455 e. The van der Waals surface area contributed by atoms with Crippen molar-refractivity contribution in [2.75, 3.05) is 0 Å². The smallest absolute Gasteiger partial charge is 0.143 e. The van der Waals surface area contributed by atoms with Gasteiger partial charge < -0.3 is 8.98 Å². The highest BCUT2D eigenvalue weighted by Crippen LogP contribution is 2.47. The zero-order valence-electron chi connectivity index (χ0n) is 29.6. The number of aromatic nitrogens is 1. The van der Waals surface area contributed by atoms with E-state index in [0.717, 1.165) is 39.4 Å². The molecule has 52 heavy (non-hydrogen) atoms. The topological polar surface area (TPSA) is 18.1 Å². The lowest BCUT2D eigenvalue weighted by Crippen LogP contribution is -1.95. The van der Waals surface area contributed by atoms with E-state index in [1.54, 1.807) is 0 Å². The van der Waals surface area contributed by atoms with Crippen LogP contribution in [0.1, 0.15) is 38.3 Å². The molecule has 11 rings (SSSR count). The Hall–Kier alpha value is -6.38. The van der Waals surface area contributed by atoms with E-state index in [1.807, 2.05) is 26.0 Å². The maximum absolute atomic E-state index is 6.59. The first-order valence-corrected chi connectivity index (χ1v) is 18.4. The van der Waals surface area contributed by atoms with Crippen molar-refractivity contribution in [3.63, 3.8) is 0 Å². The number of hydrogen-bond donors (Lipinski definition) is 0. The zero-order valence-corrected chi connectivity index (χ0v) is 29.6. The molecule has 0 saturated carbocycles. The van der Waals surface area contributed by atoms with Crippen LogP contribution in [0.2, 0.25) is 0 Å². The van der Waals surface area contributed by atoms with Crippen LogP contribution in [0.3, 0.4) is 0 Å². The Morgan fingerprint density at radius 1 is 0.577 bits per heavy atom. The minimum atomic E-state index is 0.921. The van der Waals surface area contributed by atoms with Crippen molar-refractivity contribution in [3.05, 3.63) is 163 Å². The van der Waals surface area contributed by atoms with Crippen molar-refractivity contribution in [3.8, 4) is 16.8 Å². The summed E-state index contributed by atoms with van der Waals surface area (Å²) in [5.74, 6) is 0. The Bertz CT molecular complexity index is 3150. The minimum absolute atomic E-state index is 0.921. The summed E-state index contributed by atoms with van der Waals surface area (Å²) in [6.07, 6.45) is 3.02. The summed E-state index contributed by atoms with van der Waals surface area (Å²) in [4.78, 5) is 0. The molecule has 0 N–H and O–H groups in total. The number of rotatable bonds is 4. The van der Waals surface area contributed by atoms with Crippen molar-refractivity contribution < 1.29 is 4.42 Å². The lowest BCUT2D eigenvalue weighted by Gasteiger charge is -2.14. The summed E-state index contributed by atoms with van der Waals surface area (Å²) in [7, 11) is 0. The molecule has 0 spiro atoms. The van der Waals surface area contributed by atoms with Gasteiger partial charge in [-0.25, -0.2) is 0 Å². The maximum Gasteiger partial charge on any atom is 0.143 e. The fourth-order valence-electron chi connectivity index (χ4n) is 9.00. The summed E-state index contributed by atoms with van der Waals surface area (Å²) in [6, 6.07) is 51.2. The molecule has 2 heterocycles. The fraction of sp³-hybridized carbons (Fsp3) is 0.0800. The molecule has 1 aliphatic carbocycles. The average Bonchev–Trinajstić information content (AvgIpc) is 3.87. The molecule has 0 aliphatic heterocycles. The summed E-state index contributed by atoms with van der Waals surface area (Å²) >= 11 is 0. The second kappa shape index (κ2) is 11.6. The summed E-state index contributed by atoms with van der Waals surface area (Å²) in [5, 5.41) is 12.2. The standard InChI is InChI=1S/C48H31NO.C2H6/c1-3-31-32(4-2)38-24-23-33(37-16-10-15-36(31)46(37)38)29-11-9-12-30(27-29)49-43-17-7-5-13-34(43)40-26-25-39-41(47(40)49)21-19-28-20-22-42-35-14-6-8-18-44(35)50-48(42)45(28)39;1-2/h3,5-27H,1,4H2,2H3;1-2H3. The second-order valence-corrected chi connectivity index (χ2v) is 13.5. The first kappa shape index (κ1) is 30.4. The van der Waals surface area contributed by atoms with Crippen molar-refractivity contribution in [1.82, 2.24) is 4.57 Å². The van der Waals surface area contributed by atoms with E-state index < -0.39 is 0 Å². The van der Waals surface area contributed by atoms with Crippen LogP contribution < -0.4 is 0 Å². The molecule has 2 aromatic heterocycles. The van der Waals surface area contributed by atoms with Crippen LogP contribution in [0.15, 0.2) is 157 Å². The normalized spacial score (nSPS) is 12.6. The van der Waals surface area contributed by atoms with Gasteiger partial charge in [-0.2, -0.15) is 0 Å². The maximum atomic E-state index is 6.59. The van der Waals surface area contributed by atoms with E-state index in [-0.39, 0.29) is 0 Å². The van der Waals surface area contributed by atoms with E-state index in [2.05, 4.69) is 152 Å². The molecule has 0 fully saturated rings. The van der Waals surface area contributed by atoms with Gasteiger partial charge in [0.15, 0.2) is 0 Å². The summed E-state index contributed by atoms with van der Waals surface area (Å²) in [5.41, 5.74) is 13.2. The van der Waals surface area contributed by atoms with Crippen molar-refractivity contribution in [2.24, 2.45) is 0 Å². The number of benzene rings is 8. The van der Waals surface area contributed by atoms with Crippen molar-refractivity contribution in [2.45, 2.75) is 27.2 Å². The Morgan fingerprint density at radius 3 is 2.12 bits per heavy atom. The molecule has 0 bridgehead atoms. The Labute approximate surface area is 302 Å². The third kappa shape index (κ3) is 4.06. The van der Waals surface area contributed by atoms with Crippen LogP contribution in [-0.2, 0) is 0 Å². The summed E-state index contributed by atoms with van der Waals surface area (Å²) < 4.78 is 9.06. The van der Waals surface area contributed by atoms with Gasteiger partial charge >= 0.3 is 0 Å². The Morgan fingerprint density at radius 2 is 1.27 bits per heavy atom. The molecule has 0 atom stereocenters. The lowest BCUT2D eigenvalue weighted by atomic mass is 9.93. The van der Waals surface area contributed by atoms with Gasteiger partial charge in [-0.15, -0.1) is 0 Å². The van der Waals surface area contributed by atoms with Crippen LogP contribution in [0.25, 0.3) is 104 Å². The van der Waals surface area contributed by atoms with E-state index in [4.69, 9.17) is 4.42 Å². The van der Waals surface area contributed by atoms with Gasteiger partial charge in [0.05, 0.1) is 11.0 Å². The largest absolute Gasteiger partial charge is 0.455 e. The van der Waals surface area contributed by atoms with Crippen LogP contribution in [-0.4, -0.2) is 4.57 Å². The van der Waals surface area contributed by atoms with Crippen LogP contribution in [0, 0.1) is 0 Å². The number of furan rings is 1. The number of hydrogen-bond acceptors (Lipinski definition) is 1. The van der Waals surface area contributed by atoms with Gasteiger partial charge in [0, 0.05) is 38.0 Å². The van der Waals surface area contributed by atoms with Crippen LogP contribution in [0.5, 0.6) is 0 Å². The highest BCUT2D eigenvalue weighted by molar-refractivity contribution is 6.28. The third-order valence-corrected chi connectivity index (χ3v) is 11.1. The van der Waals surface area contributed by atoms with Gasteiger partial charge in [0.2, 0.25) is 0 Å². The molecule has 10 aromatic rings. The van der Waals surface area contributed by atoms with Crippen molar-refractivity contribution in [1.29, 1.82) is 0 Å². The number of nitrogens with zero attached hydrogens (tertiary/aromatic N) is 1. The molecule has 2 nitrogen and oxygen atoms in total. The van der Waals surface area contributed by atoms with Gasteiger partial charge in [-0.05, 0) is 91.7 Å². The molecular weight excluding hydrogens is 631 g/mol. The first-order valence-electron chi connectivity index (χ1n) is 18.4. The van der Waals surface area contributed by atoms with Gasteiger partial charge in [-0.1, -0.05) is 143 Å². The number of para-hydroxylation sites is 2. The highest BCUT2D eigenvalue weighted by atomic mass is 16.3. The van der Waals surface area contributed by atoms with Gasteiger partial charge in [0.1, 0.15) is 11.2 Å². The fourth-order valence-corrected chi connectivity index (χ4v) is 9.00. The molecule has 1 aliphatic rings. The quantitative estimate of drug-likeness (QED) is 0.171. The summed E-state index contributed by atoms with van der Waals surface area (Å²) in [6.45, 7) is 10.4. The van der Waals surface area contributed by atoms with Crippen LogP contribution in [0.4, 0.5) is 0 Å². The SMILES string of the molecule is C=CC1=C(CC)c2ccc(-c3cccc(-n4c5ccccc5c5ccc6c(ccc7ccc8c9ccccc9oc8c76)c54)c3)c3cccc1c23.CC. The zero-order chi connectivity index (χ0) is 35.1. The monoisotopic (exact) mass is 667 g/mol. The molecule has 0 amide bonds. The van der Waals surface area contributed by atoms with E-state index >= 15 is 0 Å². The predicted octanol–water partition coefficient (Wildman–Crippen LogP) is 14.7. The average molecular weight is 668 g/mol. The highest BCUT2D eigenvalue weighted by Gasteiger charge is 2.23. The molecule has 2 heteroatoms. The van der Waals surface area contributed by atoms with E-state index in [0.29, 0.717) is 0 Å². The molecule has 248 valence electrons. The Balaban J connectivity index is 0.00000166. The first-order chi connectivity index (χ1) is 25.7. The second-order valence-electron chi connectivity index (χ2n) is 13.5. The third-order valence-electron chi connectivity index (χ3n) is 11.1.